The maximum atomic E-state index is 11.1. The summed E-state index contributed by atoms with van der Waals surface area (Å²) >= 11 is 1.47. The van der Waals surface area contributed by atoms with Gasteiger partial charge in [-0.2, -0.15) is 0 Å². The smallest absolute Gasteiger partial charge is 0.316 e. The molecule has 0 aromatic carbocycles. The standard InChI is InChI=1S/C8H8N4O2S/c1-2-7(13)14-12-8(9-10-11-12)6-4-3-5-15-6/h3-5H,2H2,1H3. The lowest BCUT2D eigenvalue weighted by molar-refractivity contribution is -0.145. The fraction of sp³-hybridized carbons (Fsp3) is 0.250. The number of aromatic nitrogens is 4. The molecule has 0 N–H and O–H groups in total. The summed E-state index contributed by atoms with van der Waals surface area (Å²) in [4.78, 5) is 17.9. The molecule has 0 unspecified atom stereocenters. The third-order valence-electron chi connectivity index (χ3n) is 1.66. The Balaban J connectivity index is 2.27. The van der Waals surface area contributed by atoms with Crippen molar-refractivity contribution in [2.45, 2.75) is 13.3 Å². The van der Waals surface area contributed by atoms with Gasteiger partial charge in [-0.25, -0.2) is 4.79 Å². The van der Waals surface area contributed by atoms with Crippen molar-refractivity contribution in [3.63, 3.8) is 0 Å². The van der Waals surface area contributed by atoms with Crippen molar-refractivity contribution in [3.8, 4) is 10.7 Å². The topological polar surface area (TPSA) is 69.9 Å². The van der Waals surface area contributed by atoms with Gasteiger partial charge in [0.05, 0.1) is 4.88 Å². The molecule has 0 aliphatic carbocycles. The van der Waals surface area contributed by atoms with Crippen molar-refractivity contribution in [1.82, 2.24) is 20.4 Å². The third-order valence-corrected chi connectivity index (χ3v) is 2.53. The second kappa shape index (κ2) is 4.18. The summed E-state index contributed by atoms with van der Waals surface area (Å²) in [6.45, 7) is 1.71. The van der Waals surface area contributed by atoms with Gasteiger partial charge in [0.2, 0.25) is 5.82 Å². The number of hydrogen-bond donors (Lipinski definition) is 0. The highest BCUT2D eigenvalue weighted by atomic mass is 32.1. The normalized spacial score (nSPS) is 10.2. The van der Waals surface area contributed by atoms with Gasteiger partial charge in [-0.05, 0) is 26.7 Å². The minimum Gasteiger partial charge on any atom is -0.316 e. The van der Waals surface area contributed by atoms with Gasteiger partial charge < -0.3 is 4.84 Å². The second-order valence-corrected chi connectivity index (χ2v) is 3.62. The summed E-state index contributed by atoms with van der Waals surface area (Å²) in [5.74, 6) is 0.0620. The first kappa shape index (κ1) is 9.78. The zero-order valence-electron chi connectivity index (χ0n) is 7.95. The van der Waals surface area contributed by atoms with Crippen molar-refractivity contribution in [1.29, 1.82) is 0 Å². The number of tetrazole rings is 1. The molecule has 2 rings (SSSR count). The number of rotatable bonds is 3. The zero-order valence-corrected chi connectivity index (χ0v) is 8.77. The van der Waals surface area contributed by atoms with Gasteiger partial charge in [0.25, 0.3) is 0 Å². The Kier molecular flexibility index (Phi) is 2.72. The largest absolute Gasteiger partial charge is 0.334 e. The first-order valence-corrected chi connectivity index (χ1v) is 5.22. The Morgan fingerprint density at radius 3 is 3.20 bits per heavy atom. The van der Waals surface area contributed by atoms with Crippen LogP contribution in [0.15, 0.2) is 17.5 Å². The van der Waals surface area contributed by atoms with Gasteiger partial charge in [0.1, 0.15) is 0 Å². The van der Waals surface area contributed by atoms with E-state index in [1.54, 1.807) is 6.92 Å². The molecular formula is C8H8N4O2S. The van der Waals surface area contributed by atoms with Gasteiger partial charge >= 0.3 is 5.97 Å². The molecular weight excluding hydrogens is 216 g/mol. The van der Waals surface area contributed by atoms with E-state index in [0.29, 0.717) is 5.82 Å². The predicted molar refractivity (Wildman–Crippen MR) is 53.0 cm³/mol. The Labute approximate surface area is 89.4 Å². The number of hydrogen-bond acceptors (Lipinski definition) is 6. The van der Waals surface area contributed by atoms with Crippen LogP contribution in [0.3, 0.4) is 0 Å². The van der Waals surface area contributed by atoms with E-state index in [1.165, 1.54) is 11.3 Å². The number of carbonyl (C=O) groups excluding carboxylic acids is 1. The van der Waals surface area contributed by atoms with E-state index in [9.17, 15) is 4.79 Å². The van der Waals surface area contributed by atoms with Crippen LogP contribution in [0.5, 0.6) is 0 Å². The molecule has 7 heteroatoms. The highest BCUT2D eigenvalue weighted by molar-refractivity contribution is 7.13. The molecule has 6 nitrogen and oxygen atoms in total. The molecule has 0 amide bonds. The summed E-state index contributed by atoms with van der Waals surface area (Å²) in [5.41, 5.74) is 0. The van der Waals surface area contributed by atoms with Crippen LogP contribution in [0, 0.1) is 0 Å². The molecule has 15 heavy (non-hydrogen) atoms. The van der Waals surface area contributed by atoms with Crippen molar-refractivity contribution < 1.29 is 9.63 Å². The second-order valence-electron chi connectivity index (χ2n) is 2.67. The molecule has 0 fully saturated rings. The lowest BCUT2D eigenvalue weighted by Gasteiger charge is -2.00. The molecule has 2 aromatic rings. The Morgan fingerprint density at radius 2 is 2.53 bits per heavy atom. The lowest BCUT2D eigenvalue weighted by Crippen LogP contribution is -2.20. The fourth-order valence-corrected chi connectivity index (χ4v) is 1.64. The van der Waals surface area contributed by atoms with E-state index in [-0.39, 0.29) is 12.4 Å². The first-order valence-electron chi connectivity index (χ1n) is 4.34. The molecule has 78 valence electrons. The van der Waals surface area contributed by atoms with E-state index in [0.717, 1.165) is 9.72 Å². The van der Waals surface area contributed by atoms with Crippen LogP contribution >= 0.6 is 11.3 Å². The molecule has 2 aromatic heterocycles. The van der Waals surface area contributed by atoms with Crippen molar-refractivity contribution in [3.05, 3.63) is 17.5 Å². The monoisotopic (exact) mass is 224 g/mol. The van der Waals surface area contributed by atoms with Gasteiger partial charge in [0.15, 0.2) is 0 Å². The molecule has 0 atom stereocenters. The van der Waals surface area contributed by atoms with E-state index >= 15 is 0 Å². The quantitative estimate of drug-likeness (QED) is 0.720. The van der Waals surface area contributed by atoms with Crippen molar-refractivity contribution >= 4 is 17.3 Å². The van der Waals surface area contributed by atoms with Gasteiger partial charge in [-0.3, -0.25) is 0 Å². The number of nitrogens with zero attached hydrogens (tertiary/aromatic N) is 4. The van der Waals surface area contributed by atoms with E-state index in [2.05, 4.69) is 15.5 Å². The van der Waals surface area contributed by atoms with Gasteiger partial charge in [-0.1, -0.05) is 13.0 Å². The van der Waals surface area contributed by atoms with Gasteiger partial charge in [-0.15, -0.1) is 16.4 Å². The Bertz CT molecular complexity index is 451. The van der Waals surface area contributed by atoms with Crippen molar-refractivity contribution in [2.24, 2.45) is 0 Å². The minimum absolute atomic E-state index is 0.281. The number of carbonyl (C=O) groups is 1. The summed E-state index contributed by atoms with van der Waals surface area (Å²) in [6.07, 6.45) is 0.281. The summed E-state index contributed by atoms with van der Waals surface area (Å²) < 4.78 is 0. The Morgan fingerprint density at radius 1 is 1.67 bits per heavy atom. The fourth-order valence-electron chi connectivity index (χ4n) is 0.951. The maximum Gasteiger partial charge on any atom is 0.334 e. The van der Waals surface area contributed by atoms with E-state index in [1.807, 2.05) is 17.5 Å². The molecule has 0 radical (unpaired) electrons. The minimum atomic E-state index is -0.375. The van der Waals surface area contributed by atoms with Crippen LogP contribution in [0.2, 0.25) is 0 Å². The van der Waals surface area contributed by atoms with Crippen LogP contribution < -0.4 is 4.84 Å². The molecule has 0 bridgehead atoms. The van der Waals surface area contributed by atoms with Crippen LogP contribution in [0.4, 0.5) is 0 Å². The molecule has 0 saturated heterocycles. The van der Waals surface area contributed by atoms with Gasteiger partial charge in [0, 0.05) is 6.42 Å². The van der Waals surface area contributed by atoms with Crippen molar-refractivity contribution in [2.75, 3.05) is 0 Å². The average Bonchev–Trinajstić information content (AvgIpc) is 2.86. The number of thiophene rings is 1. The van der Waals surface area contributed by atoms with E-state index < -0.39 is 0 Å². The average molecular weight is 224 g/mol. The van der Waals surface area contributed by atoms with Crippen LogP contribution in [-0.2, 0) is 4.79 Å². The van der Waals surface area contributed by atoms with Crippen LogP contribution in [0.25, 0.3) is 10.7 Å². The summed E-state index contributed by atoms with van der Waals surface area (Å²) in [6, 6.07) is 3.73. The Hall–Kier alpha value is -1.76. The summed E-state index contributed by atoms with van der Waals surface area (Å²) in [7, 11) is 0. The summed E-state index contributed by atoms with van der Waals surface area (Å²) in [5, 5.41) is 12.7. The maximum absolute atomic E-state index is 11.1. The molecule has 0 aliphatic heterocycles. The highest BCUT2D eigenvalue weighted by Crippen LogP contribution is 2.20. The van der Waals surface area contributed by atoms with Crippen LogP contribution in [0.1, 0.15) is 13.3 Å². The van der Waals surface area contributed by atoms with Crippen LogP contribution in [-0.4, -0.2) is 26.3 Å². The molecule has 2 heterocycles. The lowest BCUT2D eigenvalue weighted by atomic mass is 10.4. The third kappa shape index (κ3) is 2.01. The van der Waals surface area contributed by atoms with E-state index in [4.69, 9.17) is 4.84 Å². The molecule has 0 aliphatic rings. The predicted octanol–water partition coefficient (Wildman–Crippen LogP) is 0.767. The molecule has 0 saturated carbocycles. The highest BCUT2D eigenvalue weighted by Gasteiger charge is 2.12. The first-order chi connectivity index (χ1) is 7.31. The zero-order chi connectivity index (χ0) is 10.7. The SMILES string of the molecule is CCC(=O)On1nnnc1-c1cccs1. The molecule has 0 spiro atoms.